The van der Waals surface area contributed by atoms with Crippen molar-refractivity contribution in [3.63, 3.8) is 0 Å². The first-order valence-corrected chi connectivity index (χ1v) is 6.74. The molecule has 1 N–H and O–H groups in total. The first-order chi connectivity index (χ1) is 9.11. The van der Waals surface area contributed by atoms with Gasteiger partial charge in [-0.05, 0) is 37.9 Å². The maximum absolute atomic E-state index is 11.0. The lowest BCUT2D eigenvalue weighted by atomic mass is 9.97. The Morgan fingerprint density at radius 1 is 1.42 bits per heavy atom. The molecule has 104 valence electrons. The smallest absolute Gasteiger partial charge is 0.275 e. The second-order valence-electron chi connectivity index (χ2n) is 4.90. The van der Waals surface area contributed by atoms with Gasteiger partial charge in [0.2, 0.25) is 0 Å². The summed E-state index contributed by atoms with van der Waals surface area (Å²) in [6.45, 7) is 2.40. The number of nitro groups is 1. The van der Waals surface area contributed by atoms with Crippen LogP contribution in [0, 0.1) is 16.0 Å². The fourth-order valence-electron chi connectivity index (χ4n) is 2.43. The molecule has 5 nitrogen and oxygen atoms in total. The summed E-state index contributed by atoms with van der Waals surface area (Å²) >= 11 is 6.08. The number of hydrogen-bond donors (Lipinski definition) is 1. The lowest BCUT2D eigenvalue weighted by Crippen LogP contribution is -2.34. The third-order valence-corrected chi connectivity index (χ3v) is 3.99. The van der Waals surface area contributed by atoms with Crippen LogP contribution in [0.4, 0.5) is 5.69 Å². The summed E-state index contributed by atoms with van der Waals surface area (Å²) in [5.74, 6) is 0.359. The Morgan fingerprint density at radius 3 is 2.68 bits per heavy atom. The van der Waals surface area contributed by atoms with E-state index in [1.54, 1.807) is 12.1 Å². The molecule has 1 aliphatic rings. The minimum atomic E-state index is -0.387. The van der Waals surface area contributed by atoms with Crippen LogP contribution < -0.4 is 0 Å². The summed E-state index contributed by atoms with van der Waals surface area (Å²) in [6.07, 6.45) is 1.85. The van der Waals surface area contributed by atoms with Gasteiger partial charge in [0.1, 0.15) is 0 Å². The Kier molecular flexibility index (Phi) is 4.74. The molecule has 0 saturated carbocycles. The van der Waals surface area contributed by atoms with Gasteiger partial charge >= 0.3 is 0 Å². The van der Waals surface area contributed by atoms with Crippen molar-refractivity contribution in [3.8, 4) is 0 Å². The van der Waals surface area contributed by atoms with Crippen molar-refractivity contribution in [2.24, 2.45) is 5.92 Å². The van der Waals surface area contributed by atoms with Crippen LogP contribution >= 0.6 is 11.6 Å². The van der Waals surface area contributed by atoms with E-state index < -0.39 is 0 Å². The number of benzene rings is 1. The number of aliphatic hydroxyl groups excluding tert-OH is 1. The van der Waals surface area contributed by atoms with E-state index in [9.17, 15) is 10.1 Å². The van der Waals surface area contributed by atoms with Crippen LogP contribution in [0.5, 0.6) is 0 Å². The van der Waals surface area contributed by atoms with Crippen LogP contribution in [-0.2, 0) is 6.54 Å². The lowest BCUT2D eigenvalue weighted by molar-refractivity contribution is -0.385. The van der Waals surface area contributed by atoms with Crippen LogP contribution in [0.25, 0.3) is 0 Å². The molecule has 1 fully saturated rings. The number of halogens is 1. The quantitative estimate of drug-likeness (QED) is 0.681. The van der Waals surface area contributed by atoms with Gasteiger partial charge < -0.3 is 5.11 Å². The van der Waals surface area contributed by atoms with Crippen LogP contribution in [0.15, 0.2) is 18.2 Å². The number of nitro benzene ring substituents is 1. The molecule has 1 saturated heterocycles. The van der Waals surface area contributed by atoms with Crippen LogP contribution in [0.3, 0.4) is 0 Å². The average molecular weight is 285 g/mol. The van der Waals surface area contributed by atoms with Gasteiger partial charge in [-0.25, -0.2) is 0 Å². The molecule has 19 heavy (non-hydrogen) atoms. The highest BCUT2D eigenvalue weighted by molar-refractivity contribution is 6.31. The molecule has 0 spiro atoms. The zero-order valence-corrected chi connectivity index (χ0v) is 11.3. The monoisotopic (exact) mass is 284 g/mol. The minimum absolute atomic E-state index is 0.0804. The second kappa shape index (κ2) is 6.32. The molecule has 0 aromatic heterocycles. The number of nitrogens with zero attached hydrogens (tertiary/aromatic N) is 2. The van der Waals surface area contributed by atoms with Crippen molar-refractivity contribution in [2.45, 2.75) is 19.4 Å². The molecular formula is C13H17ClN2O3. The van der Waals surface area contributed by atoms with Gasteiger partial charge in [0.05, 0.1) is 15.5 Å². The maximum Gasteiger partial charge on any atom is 0.275 e. The van der Waals surface area contributed by atoms with E-state index in [1.807, 2.05) is 0 Å². The highest BCUT2D eigenvalue weighted by Gasteiger charge is 2.23. The van der Waals surface area contributed by atoms with Crippen molar-refractivity contribution < 1.29 is 10.0 Å². The summed E-state index contributed by atoms with van der Waals surface area (Å²) in [7, 11) is 0. The van der Waals surface area contributed by atoms with Gasteiger partial charge in [-0.15, -0.1) is 0 Å². The van der Waals surface area contributed by atoms with Crippen molar-refractivity contribution in [2.75, 3.05) is 19.7 Å². The van der Waals surface area contributed by atoms with Crippen LogP contribution in [0.2, 0.25) is 5.02 Å². The van der Waals surface area contributed by atoms with Crippen LogP contribution in [0.1, 0.15) is 18.4 Å². The fraction of sp³-hybridized carbons (Fsp3) is 0.538. The molecule has 1 aromatic rings. The number of aliphatic hydroxyl groups is 1. The zero-order chi connectivity index (χ0) is 13.8. The predicted octanol–water partition coefficient (Wildman–Crippen LogP) is 2.45. The minimum Gasteiger partial charge on any atom is -0.396 e. The molecule has 6 heteroatoms. The van der Waals surface area contributed by atoms with E-state index >= 15 is 0 Å². The van der Waals surface area contributed by atoms with Gasteiger partial charge in [0.25, 0.3) is 5.69 Å². The van der Waals surface area contributed by atoms with Gasteiger partial charge in [0.15, 0.2) is 0 Å². The first-order valence-electron chi connectivity index (χ1n) is 6.36. The molecule has 2 rings (SSSR count). The Morgan fingerprint density at radius 2 is 2.11 bits per heavy atom. The van der Waals surface area contributed by atoms with E-state index in [-0.39, 0.29) is 17.2 Å². The first kappa shape index (κ1) is 14.2. The van der Waals surface area contributed by atoms with Gasteiger partial charge in [0, 0.05) is 19.2 Å². The van der Waals surface area contributed by atoms with Crippen LogP contribution in [-0.4, -0.2) is 34.6 Å². The van der Waals surface area contributed by atoms with Gasteiger partial charge in [-0.3, -0.25) is 15.0 Å². The Bertz CT molecular complexity index is 459. The fourth-order valence-corrected chi connectivity index (χ4v) is 2.65. The summed E-state index contributed by atoms with van der Waals surface area (Å²) in [4.78, 5) is 12.8. The van der Waals surface area contributed by atoms with Crippen molar-refractivity contribution in [1.82, 2.24) is 4.90 Å². The predicted molar refractivity (Wildman–Crippen MR) is 73.2 cm³/mol. The van der Waals surface area contributed by atoms with Crippen molar-refractivity contribution in [1.29, 1.82) is 0 Å². The highest BCUT2D eigenvalue weighted by Crippen LogP contribution is 2.29. The number of hydrogen-bond acceptors (Lipinski definition) is 4. The van der Waals surface area contributed by atoms with E-state index in [1.165, 1.54) is 6.07 Å². The number of rotatable bonds is 4. The molecule has 0 bridgehead atoms. The van der Waals surface area contributed by atoms with Crippen molar-refractivity contribution >= 4 is 17.3 Å². The molecule has 0 aliphatic carbocycles. The largest absolute Gasteiger partial charge is 0.396 e. The maximum atomic E-state index is 11.0. The molecule has 0 unspecified atom stereocenters. The summed E-state index contributed by atoms with van der Waals surface area (Å²) < 4.78 is 0. The molecule has 1 aliphatic heterocycles. The van der Waals surface area contributed by atoms with E-state index in [0.29, 0.717) is 23.0 Å². The third kappa shape index (κ3) is 3.43. The molecule has 0 amide bonds. The average Bonchev–Trinajstić information content (AvgIpc) is 2.41. The van der Waals surface area contributed by atoms with E-state index in [4.69, 9.17) is 16.7 Å². The molecular weight excluding hydrogens is 268 g/mol. The molecule has 0 atom stereocenters. The van der Waals surface area contributed by atoms with Gasteiger partial charge in [-0.2, -0.15) is 0 Å². The molecule has 0 radical (unpaired) electrons. The third-order valence-electron chi connectivity index (χ3n) is 3.64. The normalized spacial score (nSPS) is 17.6. The Hall–Kier alpha value is -1.17. The molecule has 1 aromatic carbocycles. The standard InChI is InChI=1S/C13H17ClN2O3/c14-12-2-1-3-13(16(18)19)11(12)8-15-6-4-10(9-17)5-7-15/h1-3,10,17H,4-9H2. The van der Waals surface area contributed by atoms with E-state index in [2.05, 4.69) is 4.90 Å². The highest BCUT2D eigenvalue weighted by atomic mass is 35.5. The second-order valence-corrected chi connectivity index (χ2v) is 5.30. The Balaban J connectivity index is 2.09. The Labute approximate surface area is 116 Å². The topological polar surface area (TPSA) is 66.6 Å². The number of likely N-dealkylation sites (tertiary alicyclic amines) is 1. The SMILES string of the molecule is O=[N+]([O-])c1cccc(Cl)c1CN1CCC(CO)CC1. The molecule has 1 heterocycles. The summed E-state index contributed by atoms with van der Waals surface area (Å²) in [5, 5.41) is 20.6. The number of piperidine rings is 1. The van der Waals surface area contributed by atoms with Gasteiger partial charge in [-0.1, -0.05) is 17.7 Å². The summed E-state index contributed by atoms with van der Waals surface area (Å²) in [6, 6.07) is 4.77. The van der Waals surface area contributed by atoms with E-state index in [0.717, 1.165) is 25.9 Å². The van der Waals surface area contributed by atoms with Crippen molar-refractivity contribution in [3.05, 3.63) is 38.9 Å². The zero-order valence-electron chi connectivity index (χ0n) is 10.6. The summed E-state index contributed by atoms with van der Waals surface area (Å²) in [5.41, 5.74) is 0.661. The lowest BCUT2D eigenvalue weighted by Gasteiger charge is -2.31.